The number of halogens is 1. The number of benzene rings is 2. The van der Waals surface area contributed by atoms with E-state index in [1.807, 2.05) is 17.0 Å². The van der Waals surface area contributed by atoms with Gasteiger partial charge in [-0.1, -0.05) is 40.2 Å². The highest BCUT2D eigenvalue weighted by molar-refractivity contribution is 9.10. The molecule has 138 valence electrons. The van der Waals surface area contributed by atoms with Crippen LogP contribution >= 0.6 is 27.7 Å². The molecule has 1 aliphatic heterocycles. The van der Waals surface area contributed by atoms with Crippen LogP contribution in [0.5, 0.6) is 0 Å². The number of hydrogen-bond donors (Lipinski definition) is 0. The van der Waals surface area contributed by atoms with Crippen molar-refractivity contribution in [1.29, 1.82) is 0 Å². The lowest BCUT2D eigenvalue weighted by atomic mass is 10.1. The quantitative estimate of drug-likeness (QED) is 0.686. The van der Waals surface area contributed by atoms with Crippen LogP contribution in [0.2, 0.25) is 0 Å². The van der Waals surface area contributed by atoms with Crippen molar-refractivity contribution in [3.05, 3.63) is 63.6 Å². The van der Waals surface area contributed by atoms with Crippen molar-refractivity contribution in [2.45, 2.75) is 19.6 Å². The lowest BCUT2D eigenvalue weighted by Crippen LogP contribution is -2.49. The van der Waals surface area contributed by atoms with Crippen molar-refractivity contribution >= 4 is 39.3 Å². The average molecular weight is 433 g/mol. The number of nitrogens with zero attached hydrogens (tertiary/aromatic N) is 2. The average Bonchev–Trinajstić information content (AvgIpc) is 2.66. The maximum Gasteiger partial charge on any atom is 0.232 e. The van der Waals surface area contributed by atoms with Crippen LogP contribution in [0.1, 0.15) is 16.7 Å². The van der Waals surface area contributed by atoms with Gasteiger partial charge in [0.1, 0.15) is 0 Å². The minimum Gasteiger partial charge on any atom is -0.368 e. The van der Waals surface area contributed by atoms with E-state index in [0.29, 0.717) is 5.75 Å². The summed E-state index contributed by atoms with van der Waals surface area (Å²) >= 11 is 5.14. The molecule has 2 aromatic carbocycles. The van der Waals surface area contributed by atoms with Gasteiger partial charge < -0.3 is 9.80 Å². The Bertz CT molecular complexity index is 755. The molecule has 0 radical (unpaired) electrons. The minimum atomic E-state index is 0.257. The molecule has 0 saturated carbocycles. The van der Waals surface area contributed by atoms with E-state index in [2.05, 4.69) is 65.0 Å². The normalized spacial score (nSPS) is 14.6. The highest BCUT2D eigenvalue weighted by Gasteiger charge is 2.22. The number of thioether (sulfide) groups is 1. The fraction of sp³-hybridized carbons (Fsp3) is 0.381. The summed E-state index contributed by atoms with van der Waals surface area (Å²) < 4.78 is 1.09. The number of rotatable bonds is 5. The number of hydrogen-bond acceptors (Lipinski definition) is 3. The highest BCUT2D eigenvalue weighted by Crippen LogP contribution is 2.24. The molecule has 0 N–H and O–H groups in total. The second-order valence-electron chi connectivity index (χ2n) is 6.71. The van der Waals surface area contributed by atoms with Crippen molar-refractivity contribution in [1.82, 2.24) is 4.90 Å². The van der Waals surface area contributed by atoms with E-state index >= 15 is 0 Å². The number of anilines is 1. The Morgan fingerprint density at radius 3 is 2.42 bits per heavy atom. The number of piperazine rings is 1. The third kappa shape index (κ3) is 4.83. The molecule has 1 saturated heterocycles. The van der Waals surface area contributed by atoms with Crippen LogP contribution in [0.3, 0.4) is 0 Å². The predicted molar refractivity (Wildman–Crippen MR) is 115 cm³/mol. The van der Waals surface area contributed by atoms with E-state index in [9.17, 15) is 4.79 Å². The van der Waals surface area contributed by atoms with Gasteiger partial charge in [-0.2, -0.15) is 0 Å². The fourth-order valence-corrected chi connectivity index (χ4v) is 4.35. The summed E-state index contributed by atoms with van der Waals surface area (Å²) in [7, 11) is 0. The van der Waals surface area contributed by atoms with Crippen LogP contribution in [0.4, 0.5) is 5.69 Å². The van der Waals surface area contributed by atoms with Crippen molar-refractivity contribution in [2.75, 3.05) is 36.8 Å². The Labute approximate surface area is 168 Å². The van der Waals surface area contributed by atoms with Crippen LogP contribution < -0.4 is 4.90 Å². The number of carbonyl (C=O) groups is 1. The van der Waals surface area contributed by atoms with Gasteiger partial charge in [-0.15, -0.1) is 11.8 Å². The highest BCUT2D eigenvalue weighted by atomic mass is 79.9. The summed E-state index contributed by atoms with van der Waals surface area (Å²) in [5, 5.41) is 0. The number of aryl methyl sites for hydroxylation is 1. The molecule has 0 unspecified atom stereocenters. The third-order valence-corrected chi connectivity index (χ3v) is 6.47. The molecule has 0 bridgehead atoms. The summed E-state index contributed by atoms with van der Waals surface area (Å²) in [5.74, 6) is 1.69. The summed E-state index contributed by atoms with van der Waals surface area (Å²) in [5.41, 5.74) is 5.23. The SMILES string of the molecule is Cc1cccc(N2CCN(C(=O)CSCc3ccc(Br)cc3)CC2)c1C. The molecule has 26 heavy (non-hydrogen) atoms. The van der Waals surface area contributed by atoms with Gasteiger partial charge in [-0.05, 0) is 48.7 Å². The molecule has 0 aliphatic carbocycles. The Hall–Kier alpha value is -1.46. The van der Waals surface area contributed by atoms with E-state index in [0.717, 1.165) is 36.4 Å². The van der Waals surface area contributed by atoms with Crippen LogP contribution in [-0.4, -0.2) is 42.7 Å². The lowest BCUT2D eigenvalue weighted by Gasteiger charge is -2.37. The molecule has 0 spiro atoms. The van der Waals surface area contributed by atoms with Gasteiger partial charge in [0.05, 0.1) is 5.75 Å². The largest absolute Gasteiger partial charge is 0.368 e. The second-order valence-corrected chi connectivity index (χ2v) is 8.61. The minimum absolute atomic E-state index is 0.257. The Balaban J connectivity index is 1.46. The maximum absolute atomic E-state index is 12.5. The molecule has 1 amide bonds. The van der Waals surface area contributed by atoms with Crippen molar-refractivity contribution < 1.29 is 4.79 Å². The molecule has 5 heteroatoms. The first kappa shape index (κ1) is 19.3. The zero-order valence-electron chi connectivity index (χ0n) is 15.4. The van der Waals surface area contributed by atoms with Crippen LogP contribution in [0.15, 0.2) is 46.9 Å². The number of carbonyl (C=O) groups excluding carboxylic acids is 1. The second kappa shape index (κ2) is 8.96. The molecule has 0 aromatic heterocycles. The van der Waals surface area contributed by atoms with Crippen LogP contribution in [-0.2, 0) is 10.5 Å². The van der Waals surface area contributed by atoms with Gasteiger partial charge in [-0.3, -0.25) is 4.79 Å². The van der Waals surface area contributed by atoms with Gasteiger partial charge in [0.2, 0.25) is 5.91 Å². The molecule has 1 aliphatic rings. The molecule has 2 aromatic rings. The van der Waals surface area contributed by atoms with Crippen molar-refractivity contribution in [2.24, 2.45) is 0 Å². The van der Waals surface area contributed by atoms with E-state index in [1.165, 1.54) is 22.4 Å². The Morgan fingerprint density at radius 1 is 1.04 bits per heavy atom. The monoisotopic (exact) mass is 432 g/mol. The van der Waals surface area contributed by atoms with E-state index in [-0.39, 0.29) is 5.91 Å². The fourth-order valence-electron chi connectivity index (χ4n) is 3.20. The van der Waals surface area contributed by atoms with E-state index < -0.39 is 0 Å². The zero-order chi connectivity index (χ0) is 18.5. The number of amides is 1. The standard InChI is InChI=1S/C21H25BrN2OS/c1-16-4-3-5-20(17(16)2)23-10-12-24(13-11-23)21(25)15-26-14-18-6-8-19(22)9-7-18/h3-9H,10-15H2,1-2H3. The van der Waals surface area contributed by atoms with Crippen LogP contribution in [0, 0.1) is 13.8 Å². The molecule has 1 fully saturated rings. The lowest BCUT2D eigenvalue weighted by molar-refractivity contribution is -0.128. The maximum atomic E-state index is 12.5. The molecule has 3 rings (SSSR count). The van der Waals surface area contributed by atoms with E-state index in [4.69, 9.17) is 0 Å². The molecule has 1 heterocycles. The van der Waals surface area contributed by atoms with Gasteiger partial charge in [0.15, 0.2) is 0 Å². The molecular formula is C21H25BrN2OS. The summed E-state index contributed by atoms with van der Waals surface area (Å²) in [6.07, 6.45) is 0. The van der Waals surface area contributed by atoms with Gasteiger partial charge in [0.25, 0.3) is 0 Å². The van der Waals surface area contributed by atoms with Gasteiger partial charge in [-0.25, -0.2) is 0 Å². The molecule has 3 nitrogen and oxygen atoms in total. The van der Waals surface area contributed by atoms with Crippen LogP contribution in [0.25, 0.3) is 0 Å². The first-order valence-corrected chi connectivity index (χ1v) is 10.9. The topological polar surface area (TPSA) is 23.6 Å². The smallest absolute Gasteiger partial charge is 0.232 e. The summed E-state index contributed by atoms with van der Waals surface area (Å²) in [4.78, 5) is 16.9. The summed E-state index contributed by atoms with van der Waals surface area (Å²) in [6.45, 7) is 7.78. The first-order chi connectivity index (χ1) is 12.5. The Morgan fingerprint density at radius 2 is 1.73 bits per heavy atom. The zero-order valence-corrected chi connectivity index (χ0v) is 17.8. The predicted octanol–water partition coefficient (Wildman–Crippen LogP) is 4.65. The van der Waals surface area contributed by atoms with Gasteiger partial charge >= 0.3 is 0 Å². The van der Waals surface area contributed by atoms with Crippen molar-refractivity contribution in [3.8, 4) is 0 Å². The molecule has 0 atom stereocenters. The molecular weight excluding hydrogens is 408 g/mol. The van der Waals surface area contributed by atoms with E-state index in [1.54, 1.807) is 11.8 Å². The summed E-state index contributed by atoms with van der Waals surface area (Å²) in [6, 6.07) is 14.8. The van der Waals surface area contributed by atoms with Crippen molar-refractivity contribution in [3.63, 3.8) is 0 Å². The first-order valence-electron chi connectivity index (χ1n) is 8.96. The van der Waals surface area contributed by atoms with Gasteiger partial charge in [0, 0.05) is 42.1 Å². The Kier molecular flexibility index (Phi) is 6.65. The third-order valence-electron chi connectivity index (χ3n) is 4.96.